The number of hydrogen-bond donors (Lipinski definition) is 2. The van der Waals surface area contributed by atoms with Gasteiger partial charge in [0.2, 0.25) is 0 Å². The Morgan fingerprint density at radius 2 is 1.95 bits per heavy atom. The summed E-state index contributed by atoms with van der Waals surface area (Å²) in [6, 6.07) is 1.70. The lowest BCUT2D eigenvalue weighted by atomic mass is 9.86. The Kier molecular flexibility index (Phi) is 5.35. The van der Waals surface area contributed by atoms with Crippen LogP contribution in [0.4, 0.5) is 0 Å². The minimum absolute atomic E-state index is 0.0198. The van der Waals surface area contributed by atoms with Gasteiger partial charge in [0, 0.05) is 12.2 Å². The van der Waals surface area contributed by atoms with Crippen LogP contribution in [0.1, 0.15) is 49.9 Å². The van der Waals surface area contributed by atoms with Gasteiger partial charge in [0.25, 0.3) is 5.91 Å². The van der Waals surface area contributed by atoms with Crippen molar-refractivity contribution in [3.8, 4) is 5.75 Å². The molecule has 0 aromatic carbocycles. The fourth-order valence-electron chi connectivity index (χ4n) is 2.63. The van der Waals surface area contributed by atoms with Gasteiger partial charge in [0.15, 0.2) is 0 Å². The SMILES string of the molecule is CC(C)Oc1cncc(C(=O)NC2CCC(C(=O)O)CC2)c1. The molecular weight excluding hydrogens is 284 g/mol. The first-order chi connectivity index (χ1) is 10.5. The van der Waals surface area contributed by atoms with E-state index in [0.29, 0.717) is 37.0 Å². The van der Waals surface area contributed by atoms with Gasteiger partial charge in [-0.15, -0.1) is 0 Å². The average Bonchev–Trinajstić information content (AvgIpc) is 2.47. The van der Waals surface area contributed by atoms with E-state index >= 15 is 0 Å². The van der Waals surface area contributed by atoms with Crippen LogP contribution in [-0.2, 0) is 4.79 Å². The van der Waals surface area contributed by atoms with Crippen LogP contribution in [-0.4, -0.2) is 34.1 Å². The fraction of sp³-hybridized carbons (Fsp3) is 0.562. The molecular formula is C16H22N2O4. The number of carboxylic acids is 1. The number of carbonyl (C=O) groups is 2. The van der Waals surface area contributed by atoms with Gasteiger partial charge in [0.1, 0.15) is 5.75 Å². The number of amides is 1. The number of nitrogens with zero attached hydrogens (tertiary/aromatic N) is 1. The number of carboxylic acid groups (broad SMARTS) is 1. The average molecular weight is 306 g/mol. The first kappa shape index (κ1) is 16.3. The summed E-state index contributed by atoms with van der Waals surface area (Å²) >= 11 is 0. The van der Waals surface area contributed by atoms with Crippen LogP contribution < -0.4 is 10.1 Å². The second-order valence-electron chi connectivity index (χ2n) is 5.94. The van der Waals surface area contributed by atoms with E-state index in [1.807, 2.05) is 13.8 Å². The Labute approximate surface area is 129 Å². The molecule has 1 aliphatic rings. The minimum Gasteiger partial charge on any atom is -0.489 e. The summed E-state index contributed by atoms with van der Waals surface area (Å²) in [4.78, 5) is 27.2. The third kappa shape index (κ3) is 4.44. The van der Waals surface area contributed by atoms with Crippen molar-refractivity contribution in [3.05, 3.63) is 24.0 Å². The zero-order chi connectivity index (χ0) is 16.1. The summed E-state index contributed by atoms with van der Waals surface area (Å²) in [5, 5.41) is 11.9. The molecule has 2 rings (SSSR count). The van der Waals surface area contributed by atoms with Crippen LogP contribution in [0.15, 0.2) is 18.5 Å². The number of ether oxygens (including phenoxy) is 1. The van der Waals surface area contributed by atoms with E-state index in [2.05, 4.69) is 10.3 Å². The summed E-state index contributed by atoms with van der Waals surface area (Å²) < 4.78 is 5.53. The standard InChI is InChI=1S/C16H22N2O4/c1-10(2)22-14-7-12(8-17-9-14)15(19)18-13-5-3-11(4-6-13)16(20)21/h7-11,13H,3-6H2,1-2H3,(H,18,19)(H,20,21). The summed E-state index contributed by atoms with van der Waals surface area (Å²) in [6.45, 7) is 3.82. The molecule has 1 saturated carbocycles. The van der Waals surface area contributed by atoms with Gasteiger partial charge < -0.3 is 15.2 Å². The fourth-order valence-corrected chi connectivity index (χ4v) is 2.63. The number of rotatable bonds is 5. The Bertz CT molecular complexity index is 537. The van der Waals surface area contributed by atoms with Crippen molar-refractivity contribution in [1.29, 1.82) is 0 Å². The molecule has 6 heteroatoms. The minimum atomic E-state index is -0.743. The molecule has 1 amide bonds. The second-order valence-corrected chi connectivity index (χ2v) is 5.94. The highest BCUT2D eigenvalue weighted by molar-refractivity contribution is 5.94. The largest absolute Gasteiger partial charge is 0.489 e. The highest BCUT2D eigenvalue weighted by atomic mass is 16.5. The quantitative estimate of drug-likeness (QED) is 0.871. The van der Waals surface area contributed by atoms with Crippen molar-refractivity contribution in [3.63, 3.8) is 0 Å². The molecule has 1 aromatic heterocycles. The number of aliphatic carboxylic acids is 1. The predicted molar refractivity (Wildman–Crippen MR) is 80.8 cm³/mol. The Balaban J connectivity index is 1.91. The maximum absolute atomic E-state index is 12.2. The molecule has 120 valence electrons. The zero-order valence-corrected chi connectivity index (χ0v) is 12.9. The molecule has 0 atom stereocenters. The van der Waals surface area contributed by atoms with E-state index in [1.54, 1.807) is 12.3 Å². The molecule has 0 radical (unpaired) electrons. The van der Waals surface area contributed by atoms with Crippen LogP contribution >= 0.6 is 0 Å². The topological polar surface area (TPSA) is 88.5 Å². The molecule has 2 N–H and O–H groups in total. The van der Waals surface area contributed by atoms with Crippen LogP contribution in [0.2, 0.25) is 0 Å². The van der Waals surface area contributed by atoms with E-state index in [1.165, 1.54) is 6.20 Å². The van der Waals surface area contributed by atoms with E-state index in [9.17, 15) is 9.59 Å². The number of hydrogen-bond acceptors (Lipinski definition) is 4. The lowest BCUT2D eigenvalue weighted by Crippen LogP contribution is -2.38. The van der Waals surface area contributed by atoms with E-state index < -0.39 is 5.97 Å². The first-order valence-electron chi connectivity index (χ1n) is 7.61. The van der Waals surface area contributed by atoms with Crippen molar-refractivity contribution in [2.24, 2.45) is 5.92 Å². The van der Waals surface area contributed by atoms with Gasteiger partial charge in [0.05, 0.1) is 23.8 Å². The van der Waals surface area contributed by atoms with Crippen LogP contribution in [0, 0.1) is 5.92 Å². The monoisotopic (exact) mass is 306 g/mol. The highest BCUT2D eigenvalue weighted by Gasteiger charge is 2.26. The lowest BCUT2D eigenvalue weighted by molar-refractivity contribution is -0.142. The summed E-state index contributed by atoms with van der Waals surface area (Å²) in [6.07, 6.45) is 5.70. The van der Waals surface area contributed by atoms with Crippen molar-refractivity contribution in [2.75, 3.05) is 0 Å². The van der Waals surface area contributed by atoms with Crippen LogP contribution in [0.5, 0.6) is 5.75 Å². The summed E-state index contributed by atoms with van der Waals surface area (Å²) in [5.74, 6) is -0.650. The molecule has 0 bridgehead atoms. The van der Waals surface area contributed by atoms with Crippen molar-refractivity contribution >= 4 is 11.9 Å². The molecule has 6 nitrogen and oxygen atoms in total. The molecule has 0 unspecified atom stereocenters. The van der Waals surface area contributed by atoms with Gasteiger partial charge in [-0.2, -0.15) is 0 Å². The van der Waals surface area contributed by atoms with Crippen molar-refractivity contribution in [1.82, 2.24) is 10.3 Å². The van der Waals surface area contributed by atoms with Crippen LogP contribution in [0.25, 0.3) is 0 Å². The van der Waals surface area contributed by atoms with E-state index in [0.717, 1.165) is 0 Å². The maximum Gasteiger partial charge on any atom is 0.306 e. The van der Waals surface area contributed by atoms with Gasteiger partial charge in [-0.25, -0.2) is 0 Å². The van der Waals surface area contributed by atoms with Crippen molar-refractivity contribution < 1.29 is 19.4 Å². The van der Waals surface area contributed by atoms with Gasteiger partial charge in [-0.1, -0.05) is 0 Å². The molecule has 1 aliphatic carbocycles. The summed E-state index contributed by atoms with van der Waals surface area (Å²) in [5.41, 5.74) is 0.457. The molecule has 0 spiro atoms. The van der Waals surface area contributed by atoms with Gasteiger partial charge >= 0.3 is 5.97 Å². The molecule has 22 heavy (non-hydrogen) atoms. The van der Waals surface area contributed by atoms with Crippen LogP contribution in [0.3, 0.4) is 0 Å². The second kappa shape index (κ2) is 7.24. The number of carbonyl (C=O) groups excluding carboxylic acids is 1. The first-order valence-corrected chi connectivity index (χ1v) is 7.61. The van der Waals surface area contributed by atoms with Gasteiger partial charge in [-0.3, -0.25) is 14.6 Å². The highest BCUT2D eigenvalue weighted by Crippen LogP contribution is 2.24. The predicted octanol–water partition coefficient (Wildman–Crippen LogP) is 2.24. The molecule has 0 aliphatic heterocycles. The molecule has 1 heterocycles. The third-order valence-electron chi connectivity index (χ3n) is 3.76. The van der Waals surface area contributed by atoms with E-state index in [-0.39, 0.29) is 24.0 Å². The molecule has 1 fully saturated rings. The van der Waals surface area contributed by atoms with E-state index in [4.69, 9.17) is 9.84 Å². The normalized spacial score (nSPS) is 21.4. The number of nitrogens with one attached hydrogen (secondary N) is 1. The third-order valence-corrected chi connectivity index (χ3v) is 3.76. The smallest absolute Gasteiger partial charge is 0.306 e. The molecule has 0 saturated heterocycles. The molecule has 1 aromatic rings. The maximum atomic E-state index is 12.2. The Morgan fingerprint density at radius 1 is 1.27 bits per heavy atom. The number of aromatic nitrogens is 1. The Hall–Kier alpha value is -2.11. The van der Waals surface area contributed by atoms with Gasteiger partial charge in [-0.05, 0) is 45.6 Å². The zero-order valence-electron chi connectivity index (χ0n) is 12.9. The lowest BCUT2D eigenvalue weighted by Gasteiger charge is -2.26. The summed E-state index contributed by atoms with van der Waals surface area (Å²) in [7, 11) is 0. The number of pyridine rings is 1. The van der Waals surface area contributed by atoms with Crippen molar-refractivity contribution in [2.45, 2.75) is 51.7 Å². The Morgan fingerprint density at radius 3 is 2.55 bits per heavy atom.